The van der Waals surface area contributed by atoms with E-state index < -0.39 is 0 Å². The van der Waals surface area contributed by atoms with Crippen LogP contribution in [0.2, 0.25) is 0 Å². The maximum atomic E-state index is 8.24. The van der Waals surface area contributed by atoms with Crippen molar-refractivity contribution in [3.63, 3.8) is 0 Å². The van der Waals surface area contributed by atoms with Crippen LogP contribution in [0, 0.1) is 0 Å². The number of aliphatic hydroxyl groups is 1. The van der Waals surface area contributed by atoms with E-state index in [1.54, 1.807) is 6.92 Å². The second-order valence-corrected chi connectivity index (χ2v) is 1.08. The SMILES string of the molecule is CC(O)CN.[Cu+].[OH-]. The first-order valence-electron chi connectivity index (χ1n) is 1.65. The van der Waals surface area contributed by atoms with Crippen molar-refractivity contribution in [2.24, 2.45) is 5.73 Å². The number of rotatable bonds is 1. The maximum absolute atomic E-state index is 8.24. The first-order chi connectivity index (χ1) is 2.27. The van der Waals surface area contributed by atoms with Gasteiger partial charge in [0.1, 0.15) is 0 Å². The second kappa shape index (κ2) is 9.64. The van der Waals surface area contributed by atoms with Crippen LogP contribution in [0.5, 0.6) is 0 Å². The third kappa shape index (κ3) is 21.5. The molecule has 1 unspecified atom stereocenters. The Hall–Kier alpha value is 0.399. The minimum Gasteiger partial charge on any atom is -0.870 e. The van der Waals surface area contributed by atoms with Gasteiger partial charge in [-0.2, -0.15) is 0 Å². The number of hydrogen-bond acceptors (Lipinski definition) is 3. The summed E-state index contributed by atoms with van der Waals surface area (Å²) in [4.78, 5) is 0. The Balaban J connectivity index is -0.0000000800. The summed E-state index contributed by atoms with van der Waals surface area (Å²) >= 11 is 0. The molecular formula is C3H10CuNO2. The van der Waals surface area contributed by atoms with E-state index in [1.807, 2.05) is 0 Å². The molecule has 0 amide bonds. The van der Waals surface area contributed by atoms with Crippen molar-refractivity contribution in [2.45, 2.75) is 13.0 Å². The Morgan fingerprint density at radius 2 is 1.86 bits per heavy atom. The van der Waals surface area contributed by atoms with Gasteiger partial charge in [-0.05, 0) is 6.92 Å². The van der Waals surface area contributed by atoms with Crippen LogP contribution in [0.4, 0.5) is 0 Å². The van der Waals surface area contributed by atoms with E-state index in [4.69, 9.17) is 10.8 Å². The van der Waals surface area contributed by atoms with Crippen LogP contribution in [0.15, 0.2) is 0 Å². The normalized spacial score (nSPS) is 10.7. The van der Waals surface area contributed by atoms with Gasteiger partial charge in [0, 0.05) is 6.54 Å². The molecule has 3 nitrogen and oxygen atoms in total. The van der Waals surface area contributed by atoms with E-state index in [0.29, 0.717) is 6.54 Å². The molecule has 0 aromatic rings. The molecule has 7 heavy (non-hydrogen) atoms. The molecule has 0 heterocycles. The summed E-state index contributed by atoms with van der Waals surface area (Å²) in [6.45, 7) is 2.01. The van der Waals surface area contributed by atoms with Crippen LogP contribution < -0.4 is 5.73 Å². The molecule has 0 fully saturated rings. The summed E-state index contributed by atoms with van der Waals surface area (Å²) in [6.07, 6.45) is -0.338. The van der Waals surface area contributed by atoms with E-state index in [0.717, 1.165) is 0 Å². The zero-order valence-electron chi connectivity index (χ0n) is 4.06. The molecule has 0 bridgehead atoms. The van der Waals surface area contributed by atoms with Gasteiger partial charge in [0.2, 0.25) is 0 Å². The molecular weight excluding hydrogens is 146 g/mol. The molecule has 0 aromatic carbocycles. The summed E-state index contributed by atoms with van der Waals surface area (Å²) in [5.41, 5.74) is 4.92. The molecule has 0 saturated heterocycles. The number of hydrogen-bond donors (Lipinski definition) is 2. The molecule has 0 aromatic heterocycles. The molecule has 0 spiro atoms. The minimum atomic E-state index is -0.338. The fourth-order valence-corrected chi connectivity index (χ4v) is 0. The van der Waals surface area contributed by atoms with Crippen LogP contribution in [0.1, 0.15) is 6.92 Å². The van der Waals surface area contributed by atoms with Crippen molar-refractivity contribution in [2.75, 3.05) is 6.54 Å². The topological polar surface area (TPSA) is 76.2 Å². The van der Waals surface area contributed by atoms with Crippen molar-refractivity contribution in [1.29, 1.82) is 0 Å². The molecule has 1 atom stereocenters. The quantitative estimate of drug-likeness (QED) is 0.485. The minimum absolute atomic E-state index is 0. The van der Waals surface area contributed by atoms with Gasteiger partial charge in [-0.3, -0.25) is 0 Å². The third-order valence-electron chi connectivity index (χ3n) is 0.341. The maximum Gasteiger partial charge on any atom is 1.00 e. The Bertz CT molecular complexity index is 26.9. The molecule has 4 N–H and O–H groups in total. The van der Waals surface area contributed by atoms with Crippen molar-refractivity contribution in [1.82, 2.24) is 0 Å². The van der Waals surface area contributed by atoms with E-state index >= 15 is 0 Å². The molecule has 50 valence electrons. The summed E-state index contributed by atoms with van der Waals surface area (Å²) < 4.78 is 0. The van der Waals surface area contributed by atoms with E-state index in [2.05, 4.69) is 0 Å². The van der Waals surface area contributed by atoms with Crippen LogP contribution in [0.25, 0.3) is 0 Å². The second-order valence-electron chi connectivity index (χ2n) is 1.08. The zero-order valence-corrected chi connectivity index (χ0v) is 5.00. The summed E-state index contributed by atoms with van der Waals surface area (Å²) in [7, 11) is 0. The first kappa shape index (κ1) is 15.7. The Morgan fingerprint density at radius 1 is 1.71 bits per heavy atom. The average molecular weight is 156 g/mol. The van der Waals surface area contributed by atoms with Crippen LogP contribution in [-0.2, 0) is 17.1 Å². The smallest absolute Gasteiger partial charge is 0.870 e. The van der Waals surface area contributed by atoms with E-state index in [-0.39, 0.29) is 28.6 Å². The Morgan fingerprint density at radius 3 is 1.86 bits per heavy atom. The Labute approximate surface area is 53.7 Å². The van der Waals surface area contributed by atoms with Crippen LogP contribution in [-0.4, -0.2) is 23.2 Å². The van der Waals surface area contributed by atoms with Crippen LogP contribution in [0.3, 0.4) is 0 Å². The van der Waals surface area contributed by atoms with Gasteiger partial charge in [0.25, 0.3) is 0 Å². The predicted octanol–water partition coefficient (Wildman–Crippen LogP) is -0.853. The molecule has 0 aliphatic rings. The van der Waals surface area contributed by atoms with E-state index in [9.17, 15) is 0 Å². The molecule has 0 rings (SSSR count). The van der Waals surface area contributed by atoms with Gasteiger partial charge < -0.3 is 16.3 Å². The fraction of sp³-hybridized carbons (Fsp3) is 1.00. The number of nitrogens with two attached hydrogens (primary N) is 1. The zero-order chi connectivity index (χ0) is 4.28. The molecule has 0 aliphatic heterocycles. The molecule has 4 heteroatoms. The molecule has 0 aliphatic carbocycles. The largest absolute Gasteiger partial charge is 1.00 e. The summed E-state index contributed by atoms with van der Waals surface area (Å²) in [6, 6.07) is 0. The van der Waals surface area contributed by atoms with Crippen LogP contribution >= 0.6 is 0 Å². The average Bonchev–Trinajstić information content (AvgIpc) is 1.38. The number of aliphatic hydroxyl groups excluding tert-OH is 1. The monoisotopic (exact) mass is 155 g/mol. The first-order valence-corrected chi connectivity index (χ1v) is 1.65. The van der Waals surface area contributed by atoms with E-state index in [1.165, 1.54) is 0 Å². The summed E-state index contributed by atoms with van der Waals surface area (Å²) in [5.74, 6) is 0. The third-order valence-corrected chi connectivity index (χ3v) is 0.341. The standard InChI is InChI=1S/C3H9NO.Cu.H2O/c1-3(5)2-4;;/h3,5H,2,4H2,1H3;;1H2/q;+1;/p-1. The van der Waals surface area contributed by atoms with Gasteiger partial charge in [-0.1, -0.05) is 0 Å². The fourth-order valence-electron chi connectivity index (χ4n) is 0. The van der Waals surface area contributed by atoms with Gasteiger partial charge in [0.05, 0.1) is 6.10 Å². The van der Waals surface area contributed by atoms with Gasteiger partial charge in [0.15, 0.2) is 0 Å². The van der Waals surface area contributed by atoms with Gasteiger partial charge in [-0.15, -0.1) is 0 Å². The molecule has 0 radical (unpaired) electrons. The van der Waals surface area contributed by atoms with Crippen molar-refractivity contribution < 1.29 is 27.7 Å². The van der Waals surface area contributed by atoms with Crippen molar-refractivity contribution >= 4 is 0 Å². The predicted molar refractivity (Wildman–Crippen MR) is 22.7 cm³/mol. The summed E-state index contributed by atoms with van der Waals surface area (Å²) in [5, 5.41) is 8.24. The van der Waals surface area contributed by atoms with Crippen molar-refractivity contribution in [3.8, 4) is 0 Å². The Kier molecular flexibility index (Phi) is 21.6. The molecule has 0 saturated carbocycles. The van der Waals surface area contributed by atoms with Gasteiger partial charge >= 0.3 is 17.1 Å². The van der Waals surface area contributed by atoms with Crippen molar-refractivity contribution in [3.05, 3.63) is 0 Å². The van der Waals surface area contributed by atoms with Gasteiger partial charge in [-0.25, -0.2) is 0 Å².